The Morgan fingerprint density at radius 2 is 1.82 bits per heavy atom. The fourth-order valence-electron chi connectivity index (χ4n) is 4.17. The van der Waals surface area contributed by atoms with Crippen LogP contribution in [0.1, 0.15) is 28.7 Å². The van der Waals surface area contributed by atoms with Crippen molar-refractivity contribution >= 4 is 0 Å². The Morgan fingerprint density at radius 1 is 1.04 bits per heavy atom. The number of H-pyrrole nitrogens is 1. The summed E-state index contributed by atoms with van der Waals surface area (Å²) in [6.07, 6.45) is 1.78. The third-order valence-corrected chi connectivity index (χ3v) is 5.49. The third-order valence-electron chi connectivity index (χ3n) is 5.49. The third kappa shape index (κ3) is 3.60. The fourth-order valence-corrected chi connectivity index (χ4v) is 4.17. The number of halogens is 1. The number of likely N-dealkylation sites (tertiary alicyclic amines) is 1. The summed E-state index contributed by atoms with van der Waals surface area (Å²) < 4.78 is 24.4. The molecule has 0 bridgehead atoms. The fraction of sp³-hybridized carbons (Fsp3) is 0.318. The molecule has 2 heterocycles. The van der Waals surface area contributed by atoms with Crippen LogP contribution in [-0.4, -0.2) is 42.4 Å². The molecule has 0 spiro atoms. The SMILES string of the molecule is COc1cccc(CN2C[C@@H](c3ccc(F)cc3)[C@H](c3ccn[nH]3)C2)c1OC. The summed E-state index contributed by atoms with van der Waals surface area (Å²) in [5.74, 6) is 1.83. The second-order valence-electron chi connectivity index (χ2n) is 7.12. The van der Waals surface area contributed by atoms with E-state index in [0.29, 0.717) is 0 Å². The van der Waals surface area contributed by atoms with Gasteiger partial charge >= 0.3 is 0 Å². The first kappa shape index (κ1) is 18.5. The van der Waals surface area contributed by atoms with Crippen molar-refractivity contribution < 1.29 is 13.9 Å². The van der Waals surface area contributed by atoms with Crippen molar-refractivity contribution in [1.29, 1.82) is 0 Å². The Kier molecular flexibility index (Phi) is 5.30. The lowest BCUT2D eigenvalue weighted by Gasteiger charge is -2.19. The minimum Gasteiger partial charge on any atom is -0.493 e. The Morgan fingerprint density at radius 3 is 2.50 bits per heavy atom. The van der Waals surface area contributed by atoms with Gasteiger partial charge in [0.15, 0.2) is 11.5 Å². The molecule has 28 heavy (non-hydrogen) atoms. The van der Waals surface area contributed by atoms with Crippen LogP contribution in [-0.2, 0) is 6.54 Å². The van der Waals surface area contributed by atoms with Gasteiger partial charge in [-0.05, 0) is 29.8 Å². The first-order chi connectivity index (χ1) is 13.7. The zero-order valence-electron chi connectivity index (χ0n) is 16.1. The van der Waals surface area contributed by atoms with Gasteiger partial charge in [0.1, 0.15) is 5.82 Å². The highest BCUT2D eigenvalue weighted by molar-refractivity contribution is 5.46. The molecule has 1 saturated heterocycles. The zero-order valence-corrected chi connectivity index (χ0v) is 16.1. The monoisotopic (exact) mass is 381 g/mol. The van der Waals surface area contributed by atoms with Gasteiger partial charge in [0.25, 0.3) is 0 Å². The number of hydrogen-bond donors (Lipinski definition) is 1. The lowest BCUT2D eigenvalue weighted by molar-refractivity contribution is 0.306. The van der Waals surface area contributed by atoms with Gasteiger partial charge in [-0.15, -0.1) is 0 Å². The van der Waals surface area contributed by atoms with Crippen molar-refractivity contribution in [2.75, 3.05) is 27.3 Å². The van der Waals surface area contributed by atoms with Gasteiger partial charge in [0, 0.05) is 48.9 Å². The Labute approximate surface area is 164 Å². The molecule has 2 aromatic carbocycles. The zero-order chi connectivity index (χ0) is 19.5. The van der Waals surface area contributed by atoms with Crippen LogP contribution in [0, 0.1) is 5.82 Å². The second kappa shape index (κ2) is 8.02. The highest BCUT2D eigenvalue weighted by Gasteiger charge is 2.36. The Hall–Kier alpha value is -2.86. The Balaban J connectivity index is 1.61. The number of aromatic nitrogens is 2. The molecule has 6 heteroatoms. The number of para-hydroxylation sites is 1. The smallest absolute Gasteiger partial charge is 0.165 e. The molecule has 0 saturated carbocycles. The van der Waals surface area contributed by atoms with E-state index in [0.717, 1.165) is 48.0 Å². The van der Waals surface area contributed by atoms with Crippen LogP contribution in [0.5, 0.6) is 11.5 Å². The van der Waals surface area contributed by atoms with Crippen LogP contribution in [0.15, 0.2) is 54.7 Å². The van der Waals surface area contributed by atoms with Gasteiger partial charge in [-0.2, -0.15) is 5.10 Å². The lowest BCUT2D eigenvalue weighted by Crippen LogP contribution is -2.20. The van der Waals surface area contributed by atoms with Crippen molar-refractivity contribution in [3.05, 3.63) is 77.4 Å². The van der Waals surface area contributed by atoms with Crippen molar-refractivity contribution in [1.82, 2.24) is 15.1 Å². The summed E-state index contributed by atoms with van der Waals surface area (Å²) in [6, 6.07) is 14.8. The number of methoxy groups -OCH3 is 2. The molecular weight excluding hydrogens is 357 g/mol. The highest BCUT2D eigenvalue weighted by Crippen LogP contribution is 2.40. The summed E-state index contributed by atoms with van der Waals surface area (Å²) >= 11 is 0. The number of nitrogens with zero attached hydrogens (tertiary/aromatic N) is 2. The average Bonchev–Trinajstić information content (AvgIpc) is 3.38. The molecule has 146 valence electrons. The summed E-state index contributed by atoms with van der Waals surface area (Å²) in [7, 11) is 3.32. The summed E-state index contributed by atoms with van der Waals surface area (Å²) in [6.45, 7) is 2.50. The van der Waals surface area contributed by atoms with E-state index in [9.17, 15) is 4.39 Å². The highest BCUT2D eigenvalue weighted by atomic mass is 19.1. The second-order valence-corrected chi connectivity index (χ2v) is 7.12. The van der Waals surface area contributed by atoms with Gasteiger partial charge in [-0.1, -0.05) is 24.3 Å². The van der Waals surface area contributed by atoms with E-state index >= 15 is 0 Å². The maximum absolute atomic E-state index is 13.4. The molecule has 5 nitrogen and oxygen atoms in total. The molecule has 1 fully saturated rings. The van der Waals surface area contributed by atoms with Gasteiger partial charge in [-0.3, -0.25) is 10.00 Å². The molecule has 2 atom stereocenters. The normalized spacial score (nSPS) is 19.7. The maximum atomic E-state index is 13.4. The first-order valence-corrected chi connectivity index (χ1v) is 9.36. The van der Waals surface area contributed by atoms with Crippen molar-refractivity contribution in [2.24, 2.45) is 0 Å². The molecular formula is C22H24FN3O2. The van der Waals surface area contributed by atoms with Crippen LogP contribution in [0.2, 0.25) is 0 Å². The Bertz CT molecular complexity index is 912. The summed E-state index contributed by atoms with van der Waals surface area (Å²) in [5.41, 5.74) is 3.33. The number of rotatable bonds is 6. The van der Waals surface area contributed by atoms with E-state index in [-0.39, 0.29) is 17.7 Å². The number of hydrogen-bond acceptors (Lipinski definition) is 4. The van der Waals surface area contributed by atoms with Crippen LogP contribution in [0.4, 0.5) is 4.39 Å². The topological polar surface area (TPSA) is 50.4 Å². The number of benzene rings is 2. The molecule has 1 aromatic heterocycles. The van der Waals surface area contributed by atoms with E-state index in [2.05, 4.69) is 21.2 Å². The largest absolute Gasteiger partial charge is 0.493 e. The van der Waals surface area contributed by atoms with Crippen molar-refractivity contribution in [3.63, 3.8) is 0 Å². The molecule has 0 aliphatic carbocycles. The van der Waals surface area contributed by atoms with E-state index in [4.69, 9.17) is 9.47 Å². The molecule has 1 aliphatic heterocycles. The molecule has 3 aromatic rings. The van der Waals surface area contributed by atoms with E-state index < -0.39 is 0 Å². The first-order valence-electron chi connectivity index (χ1n) is 9.36. The van der Waals surface area contributed by atoms with E-state index in [1.807, 2.05) is 30.3 Å². The maximum Gasteiger partial charge on any atom is 0.165 e. The standard InChI is InChI=1S/C22H24FN3O2/c1-27-21-5-3-4-16(22(21)28-2)12-26-13-18(15-6-8-17(23)9-7-15)19(14-26)20-10-11-24-25-20/h3-11,18-19H,12-14H2,1-2H3,(H,24,25)/t18-,19+/m0/s1. The summed E-state index contributed by atoms with van der Waals surface area (Å²) in [5, 5.41) is 7.25. The van der Waals surface area contributed by atoms with Crippen LogP contribution < -0.4 is 9.47 Å². The predicted octanol–water partition coefficient (Wildman–Crippen LogP) is 3.95. The lowest BCUT2D eigenvalue weighted by atomic mass is 9.87. The van der Waals surface area contributed by atoms with Crippen LogP contribution >= 0.6 is 0 Å². The van der Waals surface area contributed by atoms with Gasteiger partial charge < -0.3 is 9.47 Å². The molecule has 0 radical (unpaired) electrons. The van der Waals surface area contributed by atoms with E-state index in [1.165, 1.54) is 12.1 Å². The predicted molar refractivity (Wildman–Crippen MR) is 105 cm³/mol. The molecule has 1 N–H and O–H groups in total. The minimum atomic E-state index is -0.210. The number of ether oxygens (including phenoxy) is 2. The van der Waals surface area contributed by atoms with Crippen LogP contribution in [0.25, 0.3) is 0 Å². The average molecular weight is 381 g/mol. The van der Waals surface area contributed by atoms with Crippen molar-refractivity contribution in [2.45, 2.75) is 18.4 Å². The molecule has 1 aliphatic rings. The quantitative estimate of drug-likeness (QED) is 0.702. The molecule has 0 amide bonds. The van der Waals surface area contributed by atoms with E-state index in [1.54, 1.807) is 20.4 Å². The van der Waals surface area contributed by atoms with Crippen LogP contribution in [0.3, 0.4) is 0 Å². The minimum absolute atomic E-state index is 0.210. The number of aromatic amines is 1. The van der Waals surface area contributed by atoms with Gasteiger partial charge in [-0.25, -0.2) is 4.39 Å². The molecule has 4 rings (SSSR count). The van der Waals surface area contributed by atoms with Crippen molar-refractivity contribution in [3.8, 4) is 11.5 Å². The van der Waals surface area contributed by atoms with Gasteiger partial charge in [0.05, 0.1) is 14.2 Å². The molecule has 0 unspecified atom stereocenters. The number of nitrogens with one attached hydrogen (secondary N) is 1. The van der Waals surface area contributed by atoms with Gasteiger partial charge in [0.2, 0.25) is 0 Å². The summed E-state index contributed by atoms with van der Waals surface area (Å²) in [4.78, 5) is 2.40.